The molecule has 2 aromatic heterocycles. The number of pyridine rings is 1. The van der Waals surface area contributed by atoms with E-state index in [9.17, 15) is 18.0 Å². The molecule has 3 aromatic rings. The van der Waals surface area contributed by atoms with E-state index in [2.05, 4.69) is 43.2 Å². The number of nitrogens with one attached hydrogen (secondary N) is 2. The summed E-state index contributed by atoms with van der Waals surface area (Å²) in [7, 11) is -3.67. The zero-order valence-corrected chi connectivity index (χ0v) is 27.3. The zero-order chi connectivity index (χ0) is 32.4. The van der Waals surface area contributed by atoms with Crippen molar-refractivity contribution in [3.8, 4) is 5.69 Å². The van der Waals surface area contributed by atoms with Crippen LogP contribution in [0.1, 0.15) is 57.5 Å². The fourth-order valence-corrected chi connectivity index (χ4v) is 4.77. The molecular formula is C31H43N7O5S. The van der Waals surface area contributed by atoms with Gasteiger partial charge in [0.1, 0.15) is 11.6 Å². The molecule has 0 radical (unpaired) electrons. The molecule has 0 bridgehead atoms. The number of piperazine rings is 1. The van der Waals surface area contributed by atoms with E-state index in [1.807, 2.05) is 61.2 Å². The van der Waals surface area contributed by atoms with Crippen molar-refractivity contribution in [1.29, 1.82) is 0 Å². The second-order valence-corrected chi connectivity index (χ2v) is 14.3. The molecule has 2 fully saturated rings. The summed E-state index contributed by atoms with van der Waals surface area (Å²) in [6.07, 6.45) is 2.72. The quantitative estimate of drug-likeness (QED) is 0.343. The van der Waals surface area contributed by atoms with E-state index in [0.717, 1.165) is 54.4 Å². The molecule has 3 heterocycles. The van der Waals surface area contributed by atoms with Gasteiger partial charge in [0.2, 0.25) is 5.91 Å². The predicted octanol–water partition coefficient (Wildman–Crippen LogP) is 4.78. The third kappa shape index (κ3) is 8.56. The van der Waals surface area contributed by atoms with Gasteiger partial charge in [0.15, 0.2) is 0 Å². The van der Waals surface area contributed by atoms with Crippen molar-refractivity contribution < 1.29 is 22.6 Å². The Labute approximate surface area is 259 Å². The topological polar surface area (TPSA) is 150 Å². The maximum atomic E-state index is 13.1. The van der Waals surface area contributed by atoms with E-state index >= 15 is 0 Å². The smallest absolute Gasteiger partial charge is 0.324 e. The van der Waals surface area contributed by atoms with Crippen LogP contribution in [-0.2, 0) is 20.3 Å². The van der Waals surface area contributed by atoms with Gasteiger partial charge in [-0.2, -0.15) is 13.5 Å². The molecule has 1 saturated heterocycles. The Morgan fingerprint density at radius 2 is 1.55 bits per heavy atom. The minimum atomic E-state index is -3.67. The lowest BCUT2D eigenvalue weighted by Crippen LogP contribution is -2.50. The van der Waals surface area contributed by atoms with Crippen molar-refractivity contribution in [1.82, 2.24) is 19.7 Å². The minimum absolute atomic E-state index is 0.128. The van der Waals surface area contributed by atoms with Crippen LogP contribution in [0.4, 0.5) is 22.1 Å². The van der Waals surface area contributed by atoms with Crippen molar-refractivity contribution >= 4 is 39.4 Å². The monoisotopic (exact) mass is 625 g/mol. The first-order valence-electron chi connectivity index (χ1n) is 14.6. The van der Waals surface area contributed by atoms with Gasteiger partial charge in [-0.05, 0) is 51.0 Å². The lowest BCUT2D eigenvalue weighted by molar-refractivity contribution is -0.136. The van der Waals surface area contributed by atoms with Gasteiger partial charge in [0.25, 0.3) is 10.1 Å². The maximum absolute atomic E-state index is 13.1. The van der Waals surface area contributed by atoms with Gasteiger partial charge in [-0.1, -0.05) is 45.4 Å². The lowest BCUT2D eigenvalue weighted by atomic mass is 9.92. The molecule has 1 aromatic carbocycles. The van der Waals surface area contributed by atoms with Crippen LogP contribution in [0.5, 0.6) is 0 Å². The third-order valence-electron chi connectivity index (χ3n) is 7.72. The minimum Gasteiger partial charge on any atom is -0.353 e. The van der Waals surface area contributed by atoms with E-state index in [1.165, 1.54) is 0 Å². The Bertz CT molecular complexity index is 1610. The second kappa shape index (κ2) is 12.6. The SMILES string of the molecule is CS(=O)(=O)O.Cc1ccc(-n2nc(C(C)(C)C)cc2NC(=O)Nc2ccc(N3CCN(C(=O)C4(C)CC4)CC3)nc2C)cc1. The van der Waals surface area contributed by atoms with Gasteiger partial charge < -0.3 is 15.1 Å². The summed E-state index contributed by atoms with van der Waals surface area (Å²) >= 11 is 0. The normalized spacial score (nSPS) is 16.1. The van der Waals surface area contributed by atoms with Crippen molar-refractivity contribution in [2.24, 2.45) is 5.41 Å². The van der Waals surface area contributed by atoms with Gasteiger partial charge in [-0.25, -0.2) is 14.5 Å². The maximum Gasteiger partial charge on any atom is 0.324 e. The Morgan fingerprint density at radius 3 is 2.07 bits per heavy atom. The highest BCUT2D eigenvalue weighted by molar-refractivity contribution is 7.85. The summed E-state index contributed by atoms with van der Waals surface area (Å²) in [5, 5.41) is 10.7. The number of aromatic nitrogens is 3. The molecule has 1 saturated carbocycles. The molecular weight excluding hydrogens is 582 g/mol. The second-order valence-electron chi connectivity index (χ2n) is 12.9. The molecule has 238 valence electrons. The van der Waals surface area contributed by atoms with E-state index in [0.29, 0.717) is 30.9 Å². The molecule has 0 unspecified atom stereocenters. The fraction of sp³-hybridized carbons (Fsp3) is 0.484. The highest BCUT2D eigenvalue weighted by Crippen LogP contribution is 2.46. The summed E-state index contributed by atoms with van der Waals surface area (Å²) in [5.74, 6) is 1.74. The molecule has 44 heavy (non-hydrogen) atoms. The molecule has 0 atom stereocenters. The molecule has 0 spiro atoms. The number of hydrogen-bond acceptors (Lipinski definition) is 7. The Kier molecular flexibility index (Phi) is 9.40. The summed E-state index contributed by atoms with van der Waals surface area (Å²) < 4.78 is 27.6. The van der Waals surface area contributed by atoms with E-state index < -0.39 is 10.1 Å². The first-order chi connectivity index (χ1) is 20.4. The van der Waals surface area contributed by atoms with Crippen LogP contribution in [0.25, 0.3) is 5.69 Å². The van der Waals surface area contributed by atoms with Crippen LogP contribution in [0.15, 0.2) is 42.5 Å². The number of rotatable bonds is 5. The van der Waals surface area contributed by atoms with Crippen molar-refractivity contribution in [2.45, 2.75) is 59.8 Å². The summed E-state index contributed by atoms with van der Waals surface area (Å²) in [4.78, 5) is 34.7. The van der Waals surface area contributed by atoms with E-state index in [1.54, 1.807) is 4.68 Å². The molecule has 3 amide bonds. The summed E-state index contributed by atoms with van der Waals surface area (Å²) in [6.45, 7) is 15.2. The number of nitrogens with zero attached hydrogens (tertiary/aromatic N) is 5. The number of carbonyl (C=O) groups excluding carboxylic acids is 2. The van der Waals surface area contributed by atoms with Gasteiger partial charge in [-0.15, -0.1) is 0 Å². The molecule has 13 heteroatoms. The number of aryl methyl sites for hydroxylation is 2. The number of urea groups is 1. The largest absolute Gasteiger partial charge is 0.353 e. The van der Waals surface area contributed by atoms with E-state index in [4.69, 9.17) is 14.6 Å². The number of anilines is 3. The molecule has 1 aliphatic carbocycles. The van der Waals surface area contributed by atoms with E-state index in [-0.39, 0.29) is 22.8 Å². The van der Waals surface area contributed by atoms with Gasteiger partial charge >= 0.3 is 6.03 Å². The van der Waals surface area contributed by atoms with Gasteiger partial charge in [0.05, 0.1) is 29.0 Å². The van der Waals surface area contributed by atoms with Crippen molar-refractivity contribution in [3.05, 3.63) is 59.4 Å². The number of amides is 3. The Morgan fingerprint density at radius 1 is 0.955 bits per heavy atom. The van der Waals surface area contributed by atoms with Gasteiger partial charge in [0, 0.05) is 43.1 Å². The number of benzene rings is 1. The van der Waals surface area contributed by atoms with Crippen LogP contribution in [-0.4, -0.2) is 77.0 Å². The van der Waals surface area contributed by atoms with Gasteiger partial charge in [-0.3, -0.25) is 14.7 Å². The third-order valence-corrected chi connectivity index (χ3v) is 7.72. The average molecular weight is 626 g/mol. The molecule has 12 nitrogen and oxygen atoms in total. The molecule has 5 rings (SSSR count). The number of carbonyl (C=O) groups is 2. The van der Waals surface area contributed by atoms with Crippen LogP contribution in [0.3, 0.4) is 0 Å². The van der Waals surface area contributed by atoms with Crippen LogP contribution in [0.2, 0.25) is 0 Å². The van der Waals surface area contributed by atoms with Crippen LogP contribution < -0.4 is 15.5 Å². The summed E-state index contributed by atoms with van der Waals surface area (Å²) in [5.41, 5.74) is 3.99. The van der Waals surface area contributed by atoms with Crippen molar-refractivity contribution in [2.75, 3.05) is 48.0 Å². The lowest BCUT2D eigenvalue weighted by Gasteiger charge is -2.36. The van der Waals surface area contributed by atoms with Crippen LogP contribution >= 0.6 is 0 Å². The standard InChI is InChI=1S/C30H39N7O2.CH4O3S/c1-20-7-9-22(10-8-20)37-26(19-24(34-37)29(3,4)5)33-28(39)32-23-11-12-25(31-21(23)2)35-15-17-36(18-16-35)27(38)30(6)13-14-30;1-5(2,3)4/h7-12,19H,13-18H2,1-6H3,(H2,32,33,39);1H3,(H,2,3,4). The van der Waals surface area contributed by atoms with Crippen LogP contribution in [0, 0.1) is 19.3 Å². The highest BCUT2D eigenvalue weighted by Gasteiger charge is 2.47. The fourth-order valence-electron chi connectivity index (χ4n) is 4.77. The molecule has 1 aliphatic heterocycles. The Hall–Kier alpha value is -3.97. The average Bonchev–Trinajstić information content (AvgIpc) is 3.54. The predicted molar refractivity (Wildman–Crippen MR) is 172 cm³/mol. The first kappa shape index (κ1) is 32.9. The van der Waals surface area contributed by atoms with Crippen molar-refractivity contribution in [3.63, 3.8) is 0 Å². The Balaban J connectivity index is 0.000000818. The highest BCUT2D eigenvalue weighted by atomic mass is 32.2. The molecule has 2 aliphatic rings. The molecule has 3 N–H and O–H groups in total. The number of hydrogen-bond donors (Lipinski definition) is 3. The summed E-state index contributed by atoms with van der Waals surface area (Å²) in [6, 6.07) is 13.4. The first-order valence-corrected chi connectivity index (χ1v) is 16.5. The zero-order valence-electron chi connectivity index (χ0n) is 26.5.